The number of hydrogen-bond acceptors (Lipinski definition) is 4. The Morgan fingerprint density at radius 3 is 2.68 bits per heavy atom. The van der Waals surface area contributed by atoms with Gasteiger partial charge in [0.05, 0.1) is 6.04 Å². The summed E-state index contributed by atoms with van der Waals surface area (Å²) < 4.78 is 11.4. The molecule has 0 saturated carbocycles. The maximum absolute atomic E-state index is 12.6. The molecule has 1 atom stereocenters. The van der Waals surface area contributed by atoms with Crippen LogP contribution in [0.15, 0.2) is 67.0 Å². The van der Waals surface area contributed by atoms with Crippen LogP contribution in [0.5, 0.6) is 11.5 Å². The monoisotopic (exact) mass is 372 g/mol. The molecule has 0 bridgehead atoms. The Bertz CT molecular complexity index is 1010. The van der Waals surface area contributed by atoms with Gasteiger partial charge in [-0.3, -0.25) is 9.78 Å². The first kappa shape index (κ1) is 16.8. The van der Waals surface area contributed by atoms with Crippen LogP contribution in [0.25, 0.3) is 11.1 Å². The quantitative estimate of drug-likeness (QED) is 0.684. The maximum Gasteiger partial charge on any atom is 0.231 e. The second kappa shape index (κ2) is 7.00. The predicted molar refractivity (Wildman–Crippen MR) is 105 cm³/mol. The predicted octanol–water partition coefficient (Wildman–Crippen LogP) is 4.34. The Morgan fingerprint density at radius 2 is 1.86 bits per heavy atom. The van der Waals surface area contributed by atoms with E-state index in [1.165, 1.54) is 5.56 Å². The topological polar surface area (TPSA) is 51.7 Å². The highest BCUT2D eigenvalue weighted by Crippen LogP contribution is 2.43. The molecule has 3 aromatic rings. The van der Waals surface area contributed by atoms with E-state index in [1.54, 1.807) is 12.4 Å². The minimum atomic E-state index is 0.114. The number of pyridine rings is 1. The molecule has 2 aliphatic rings. The smallest absolute Gasteiger partial charge is 0.231 e. The van der Waals surface area contributed by atoms with E-state index in [1.807, 2.05) is 41.3 Å². The Morgan fingerprint density at radius 1 is 1.04 bits per heavy atom. The normalized spacial score (nSPS) is 17.9. The summed E-state index contributed by atoms with van der Waals surface area (Å²) in [7, 11) is 0. The number of likely N-dealkylation sites (tertiary alicyclic amines) is 1. The average Bonchev–Trinajstić information content (AvgIpc) is 3.36. The van der Waals surface area contributed by atoms with Crippen molar-refractivity contribution in [2.24, 2.45) is 0 Å². The van der Waals surface area contributed by atoms with Crippen molar-refractivity contribution in [3.63, 3.8) is 0 Å². The lowest BCUT2D eigenvalue weighted by Crippen LogP contribution is -2.27. The van der Waals surface area contributed by atoms with Gasteiger partial charge in [0.2, 0.25) is 12.7 Å². The second-order valence-electron chi connectivity index (χ2n) is 7.10. The molecule has 1 saturated heterocycles. The van der Waals surface area contributed by atoms with Crippen molar-refractivity contribution in [1.29, 1.82) is 0 Å². The van der Waals surface area contributed by atoms with Crippen molar-refractivity contribution in [3.8, 4) is 22.6 Å². The summed E-state index contributed by atoms with van der Waals surface area (Å²) in [6.45, 7) is 0.763. The highest BCUT2D eigenvalue weighted by Gasteiger charge is 2.32. The number of carbonyl (C=O) groups excluding carboxylic acids is 1. The van der Waals surface area contributed by atoms with Gasteiger partial charge in [0.15, 0.2) is 11.5 Å². The Labute approximate surface area is 163 Å². The van der Waals surface area contributed by atoms with Crippen LogP contribution in [-0.4, -0.2) is 22.6 Å². The fraction of sp³-hybridized carbons (Fsp3) is 0.217. The fourth-order valence-electron chi connectivity index (χ4n) is 4.05. The van der Waals surface area contributed by atoms with Gasteiger partial charge in [-0.05, 0) is 47.4 Å². The number of hydrogen-bond donors (Lipinski definition) is 0. The molecule has 0 radical (unpaired) electrons. The zero-order chi connectivity index (χ0) is 18.9. The highest BCUT2D eigenvalue weighted by molar-refractivity contribution is 5.80. The van der Waals surface area contributed by atoms with Gasteiger partial charge in [-0.15, -0.1) is 0 Å². The average molecular weight is 372 g/mol. The highest BCUT2D eigenvalue weighted by atomic mass is 16.7. The van der Waals surface area contributed by atoms with Gasteiger partial charge in [-0.25, -0.2) is 0 Å². The molecule has 0 spiro atoms. The van der Waals surface area contributed by atoms with Crippen LogP contribution in [0, 0.1) is 0 Å². The lowest BCUT2D eigenvalue weighted by Gasteiger charge is -2.26. The third-order valence-electron chi connectivity index (χ3n) is 5.39. The number of nitrogens with zero attached hydrogens (tertiary/aromatic N) is 2. The molecular formula is C23H20N2O3. The van der Waals surface area contributed by atoms with Crippen LogP contribution in [0.3, 0.4) is 0 Å². The lowest BCUT2D eigenvalue weighted by molar-refractivity contribution is -0.129. The van der Waals surface area contributed by atoms with Crippen LogP contribution in [0.1, 0.15) is 30.0 Å². The first-order valence-electron chi connectivity index (χ1n) is 9.47. The van der Waals surface area contributed by atoms with Gasteiger partial charge in [0.1, 0.15) is 0 Å². The van der Waals surface area contributed by atoms with E-state index in [9.17, 15) is 4.79 Å². The molecule has 1 amide bonds. The molecule has 3 heterocycles. The van der Waals surface area contributed by atoms with E-state index < -0.39 is 0 Å². The van der Waals surface area contributed by atoms with Gasteiger partial charge in [0, 0.05) is 30.9 Å². The van der Waals surface area contributed by atoms with Crippen molar-refractivity contribution in [2.45, 2.75) is 25.4 Å². The van der Waals surface area contributed by atoms with Gasteiger partial charge < -0.3 is 14.4 Å². The number of fused-ring (bicyclic) bond motifs is 1. The Balaban J connectivity index is 1.51. The van der Waals surface area contributed by atoms with Crippen molar-refractivity contribution in [1.82, 2.24) is 9.88 Å². The third-order valence-corrected chi connectivity index (χ3v) is 5.39. The number of benzene rings is 2. The second-order valence-corrected chi connectivity index (χ2v) is 7.10. The zero-order valence-electron chi connectivity index (χ0n) is 15.4. The van der Waals surface area contributed by atoms with E-state index in [0.29, 0.717) is 13.0 Å². The molecule has 5 heteroatoms. The first-order valence-corrected chi connectivity index (χ1v) is 9.47. The molecule has 5 nitrogen and oxygen atoms in total. The van der Waals surface area contributed by atoms with Crippen LogP contribution in [-0.2, 0) is 11.3 Å². The summed E-state index contributed by atoms with van der Waals surface area (Å²) in [5, 5.41) is 0. The molecule has 1 unspecified atom stereocenters. The summed E-state index contributed by atoms with van der Waals surface area (Å²) in [6, 6.07) is 18.3. The van der Waals surface area contributed by atoms with Gasteiger partial charge >= 0.3 is 0 Å². The van der Waals surface area contributed by atoms with Crippen LogP contribution in [0.4, 0.5) is 0 Å². The number of ether oxygens (including phenoxy) is 2. The van der Waals surface area contributed by atoms with E-state index in [-0.39, 0.29) is 18.7 Å². The maximum atomic E-state index is 12.6. The molecule has 0 N–H and O–H groups in total. The van der Waals surface area contributed by atoms with Crippen LogP contribution < -0.4 is 9.47 Å². The number of carbonyl (C=O) groups is 1. The van der Waals surface area contributed by atoms with Crippen molar-refractivity contribution < 1.29 is 14.3 Å². The number of rotatable bonds is 4. The molecular weight excluding hydrogens is 352 g/mol. The third kappa shape index (κ3) is 2.99. The minimum absolute atomic E-state index is 0.114. The lowest BCUT2D eigenvalue weighted by atomic mass is 10.0. The van der Waals surface area contributed by atoms with Crippen molar-refractivity contribution in [3.05, 3.63) is 78.1 Å². The molecule has 2 aliphatic heterocycles. The Kier molecular flexibility index (Phi) is 4.20. The van der Waals surface area contributed by atoms with Crippen LogP contribution in [0.2, 0.25) is 0 Å². The summed E-state index contributed by atoms with van der Waals surface area (Å²) in [4.78, 5) is 18.7. The van der Waals surface area contributed by atoms with E-state index >= 15 is 0 Å². The molecule has 0 aliphatic carbocycles. The van der Waals surface area contributed by atoms with E-state index in [4.69, 9.17) is 9.47 Å². The minimum Gasteiger partial charge on any atom is -0.454 e. The van der Waals surface area contributed by atoms with Gasteiger partial charge in [-0.1, -0.05) is 30.3 Å². The number of amides is 1. The summed E-state index contributed by atoms with van der Waals surface area (Å²) in [5.74, 6) is 1.67. The molecule has 2 aromatic carbocycles. The van der Waals surface area contributed by atoms with Crippen molar-refractivity contribution in [2.75, 3.05) is 6.79 Å². The molecule has 1 aromatic heterocycles. The first-order chi connectivity index (χ1) is 13.8. The molecule has 1 fully saturated rings. The standard InChI is InChI=1S/C23H20N2O3/c26-22-7-6-20(18-4-2-1-3-5-18)25(22)14-16-12-19(17-8-10-24-11-9-17)23-21(13-16)27-15-28-23/h1-5,8-13,20H,6-7,14-15H2. The Hall–Kier alpha value is -3.34. The summed E-state index contributed by atoms with van der Waals surface area (Å²) in [6.07, 6.45) is 4.96. The molecule has 28 heavy (non-hydrogen) atoms. The number of aromatic nitrogens is 1. The van der Waals surface area contributed by atoms with Crippen molar-refractivity contribution >= 4 is 5.91 Å². The summed E-state index contributed by atoms with van der Waals surface area (Å²) in [5.41, 5.74) is 4.21. The fourth-order valence-corrected chi connectivity index (χ4v) is 4.05. The summed E-state index contributed by atoms with van der Waals surface area (Å²) >= 11 is 0. The van der Waals surface area contributed by atoms with E-state index in [0.717, 1.165) is 34.6 Å². The van der Waals surface area contributed by atoms with Crippen LogP contribution >= 0.6 is 0 Å². The van der Waals surface area contributed by atoms with Gasteiger partial charge in [-0.2, -0.15) is 0 Å². The largest absolute Gasteiger partial charge is 0.454 e. The molecule has 140 valence electrons. The van der Waals surface area contributed by atoms with E-state index in [2.05, 4.69) is 23.2 Å². The molecule has 5 rings (SSSR count). The zero-order valence-corrected chi connectivity index (χ0v) is 15.4. The SMILES string of the molecule is O=C1CCC(c2ccccc2)N1Cc1cc2c(c(-c3ccncc3)c1)OCO2. The van der Waals surface area contributed by atoms with Gasteiger partial charge in [0.25, 0.3) is 0 Å².